The molecule has 98 valence electrons. The molecule has 3 heteroatoms. The number of nitrogens with zero attached hydrogens (tertiary/aromatic N) is 1. The number of halogens is 1. The van der Waals surface area contributed by atoms with E-state index in [1.165, 1.54) is 11.6 Å². The first-order chi connectivity index (χ1) is 9.28. The number of anilines is 1. The van der Waals surface area contributed by atoms with Gasteiger partial charge in [0.2, 0.25) is 0 Å². The molecule has 0 atom stereocenters. The first kappa shape index (κ1) is 12.2. The first-order valence-corrected chi connectivity index (χ1v) is 6.56. The van der Waals surface area contributed by atoms with Crippen LogP contribution in [0.1, 0.15) is 17.0 Å². The quantitative estimate of drug-likeness (QED) is 0.915. The highest BCUT2D eigenvalue weighted by Gasteiger charge is 2.28. The van der Waals surface area contributed by atoms with Gasteiger partial charge in [-0.2, -0.15) is 0 Å². The summed E-state index contributed by atoms with van der Waals surface area (Å²) in [5.74, 6) is 0.360. The van der Waals surface area contributed by atoms with Gasteiger partial charge in [0.25, 0.3) is 0 Å². The third kappa shape index (κ3) is 2.34. The zero-order chi connectivity index (χ0) is 13.2. The van der Waals surface area contributed by atoms with E-state index < -0.39 is 0 Å². The van der Waals surface area contributed by atoms with Crippen molar-refractivity contribution in [2.45, 2.75) is 12.5 Å². The smallest absolute Gasteiger partial charge is 0.127 e. The maximum Gasteiger partial charge on any atom is 0.127 e. The number of rotatable bonds is 3. The monoisotopic (exact) mass is 256 g/mol. The molecule has 2 aromatic rings. The van der Waals surface area contributed by atoms with E-state index in [2.05, 4.69) is 29.2 Å². The zero-order valence-electron chi connectivity index (χ0n) is 10.7. The molecule has 0 radical (unpaired) electrons. The van der Waals surface area contributed by atoms with E-state index in [1.807, 2.05) is 18.2 Å². The summed E-state index contributed by atoms with van der Waals surface area (Å²) in [6, 6.07) is 15.7. The van der Waals surface area contributed by atoms with Gasteiger partial charge in [-0.25, -0.2) is 4.39 Å². The Labute approximate surface area is 112 Å². The summed E-state index contributed by atoms with van der Waals surface area (Å²) in [5.41, 5.74) is 8.56. The molecule has 0 aromatic heterocycles. The van der Waals surface area contributed by atoms with Gasteiger partial charge in [-0.05, 0) is 23.8 Å². The molecule has 19 heavy (non-hydrogen) atoms. The maximum absolute atomic E-state index is 13.4. The molecule has 1 fully saturated rings. The van der Waals surface area contributed by atoms with Gasteiger partial charge < -0.3 is 10.6 Å². The van der Waals surface area contributed by atoms with Crippen molar-refractivity contribution < 1.29 is 4.39 Å². The SMILES string of the molecule is NCc1cc(N2CC(c3ccccc3)C2)ccc1F. The van der Waals surface area contributed by atoms with Crippen molar-refractivity contribution in [1.82, 2.24) is 0 Å². The summed E-state index contributed by atoms with van der Waals surface area (Å²) >= 11 is 0. The first-order valence-electron chi connectivity index (χ1n) is 6.56. The third-order valence-corrected chi connectivity index (χ3v) is 3.77. The number of benzene rings is 2. The zero-order valence-corrected chi connectivity index (χ0v) is 10.7. The molecule has 0 saturated carbocycles. The van der Waals surface area contributed by atoms with Crippen LogP contribution >= 0.6 is 0 Å². The molecule has 0 aliphatic carbocycles. The molecule has 0 spiro atoms. The number of nitrogens with two attached hydrogens (primary N) is 1. The van der Waals surface area contributed by atoms with Gasteiger partial charge in [0.15, 0.2) is 0 Å². The van der Waals surface area contributed by atoms with Crippen LogP contribution in [0, 0.1) is 5.82 Å². The van der Waals surface area contributed by atoms with Crippen molar-refractivity contribution in [1.29, 1.82) is 0 Å². The molecule has 1 aliphatic heterocycles. The Balaban J connectivity index is 1.71. The molecular weight excluding hydrogens is 239 g/mol. The third-order valence-electron chi connectivity index (χ3n) is 3.77. The van der Waals surface area contributed by atoms with Gasteiger partial charge in [0.05, 0.1) is 0 Å². The van der Waals surface area contributed by atoms with Crippen molar-refractivity contribution in [2.75, 3.05) is 18.0 Å². The van der Waals surface area contributed by atoms with Crippen molar-refractivity contribution in [3.8, 4) is 0 Å². The predicted octanol–water partition coefficient (Wildman–Crippen LogP) is 2.89. The molecule has 1 saturated heterocycles. The normalized spacial score (nSPS) is 15.4. The average molecular weight is 256 g/mol. The molecular formula is C16H17FN2. The van der Waals surface area contributed by atoms with Crippen LogP contribution in [0.25, 0.3) is 0 Å². The van der Waals surface area contributed by atoms with Crippen LogP contribution in [0.5, 0.6) is 0 Å². The highest BCUT2D eigenvalue weighted by molar-refractivity contribution is 5.53. The second kappa shape index (κ2) is 5.02. The van der Waals surface area contributed by atoms with Gasteiger partial charge in [0.1, 0.15) is 5.82 Å². The van der Waals surface area contributed by atoms with Crippen LogP contribution in [0.4, 0.5) is 10.1 Å². The van der Waals surface area contributed by atoms with Crippen LogP contribution in [-0.4, -0.2) is 13.1 Å². The summed E-state index contributed by atoms with van der Waals surface area (Å²) < 4.78 is 13.4. The van der Waals surface area contributed by atoms with E-state index in [0.717, 1.165) is 18.8 Å². The van der Waals surface area contributed by atoms with Crippen molar-refractivity contribution in [3.05, 3.63) is 65.5 Å². The molecule has 0 unspecified atom stereocenters. The molecule has 2 N–H and O–H groups in total. The Morgan fingerprint density at radius 2 is 1.84 bits per heavy atom. The fourth-order valence-corrected chi connectivity index (χ4v) is 2.54. The van der Waals surface area contributed by atoms with Gasteiger partial charge in [-0.15, -0.1) is 0 Å². The largest absolute Gasteiger partial charge is 0.370 e. The molecule has 0 bridgehead atoms. The van der Waals surface area contributed by atoms with E-state index >= 15 is 0 Å². The van der Waals surface area contributed by atoms with Gasteiger partial charge in [-0.1, -0.05) is 30.3 Å². The minimum Gasteiger partial charge on any atom is -0.370 e. The van der Waals surface area contributed by atoms with Crippen LogP contribution in [-0.2, 0) is 6.54 Å². The summed E-state index contributed by atoms with van der Waals surface area (Å²) in [6.07, 6.45) is 0. The van der Waals surface area contributed by atoms with E-state index in [4.69, 9.17) is 5.73 Å². The van der Waals surface area contributed by atoms with Crippen LogP contribution in [0.3, 0.4) is 0 Å². The topological polar surface area (TPSA) is 29.3 Å². The average Bonchev–Trinajstić information content (AvgIpc) is 2.40. The van der Waals surface area contributed by atoms with Crippen molar-refractivity contribution in [3.63, 3.8) is 0 Å². The number of hydrogen-bond acceptors (Lipinski definition) is 2. The Hall–Kier alpha value is -1.87. The van der Waals surface area contributed by atoms with Crippen molar-refractivity contribution >= 4 is 5.69 Å². The molecule has 3 rings (SSSR count). The lowest BCUT2D eigenvalue weighted by Gasteiger charge is -2.41. The Kier molecular flexibility index (Phi) is 3.22. The summed E-state index contributed by atoms with van der Waals surface area (Å²) in [6.45, 7) is 2.22. The minimum atomic E-state index is -0.216. The number of hydrogen-bond donors (Lipinski definition) is 1. The van der Waals surface area contributed by atoms with Crippen LogP contribution < -0.4 is 10.6 Å². The molecule has 1 aliphatic rings. The lowest BCUT2D eigenvalue weighted by Crippen LogP contribution is -2.45. The van der Waals surface area contributed by atoms with Gasteiger partial charge >= 0.3 is 0 Å². The van der Waals surface area contributed by atoms with Crippen LogP contribution in [0.15, 0.2) is 48.5 Å². The molecule has 2 aromatic carbocycles. The minimum absolute atomic E-state index is 0.216. The lowest BCUT2D eigenvalue weighted by molar-refractivity contribution is 0.524. The highest BCUT2D eigenvalue weighted by atomic mass is 19.1. The van der Waals surface area contributed by atoms with Gasteiger partial charge in [0, 0.05) is 36.8 Å². The van der Waals surface area contributed by atoms with Crippen molar-refractivity contribution in [2.24, 2.45) is 5.73 Å². The predicted molar refractivity (Wildman–Crippen MR) is 75.7 cm³/mol. The summed E-state index contributed by atoms with van der Waals surface area (Å²) in [7, 11) is 0. The highest BCUT2D eigenvalue weighted by Crippen LogP contribution is 2.32. The second-order valence-corrected chi connectivity index (χ2v) is 4.99. The molecule has 2 nitrogen and oxygen atoms in total. The Morgan fingerprint density at radius 1 is 1.11 bits per heavy atom. The molecule has 1 heterocycles. The maximum atomic E-state index is 13.4. The summed E-state index contributed by atoms with van der Waals surface area (Å²) in [5, 5.41) is 0. The Morgan fingerprint density at radius 3 is 2.53 bits per heavy atom. The Bertz CT molecular complexity index is 562. The molecule has 0 amide bonds. The lowest BCUT2D eigenvalue weighted by atomic mass is 9.91. The van der Waals surface area contributed by atoms with E-state index in [0.29, 0.717) is 11.5 Å². The van der Waals surface area contributed by atoms with E-state index in [1.54, 1.807) is 0 Å². The van der Waals surface area contributed by atoms with E-state index in [-0.39, 0.29) is 12.4 Å². The van der Waals surface area contributed by atoms with Crippen LogP contribution in [0.2, 0.25) is 0 Å². The fraction of sp³-hybridized carbons (Fsp3) is 0.250. The van der Waals surface area contributed by atoms with Gasteiger partial charge in [-0.3, -0.25) is 0 Å². The summed E-state index contributed by atoms with van der Waals surface area (Å²) in [4.78, 5) is 2.26. The second-order valence-electron chi connectivity index (χ2n) is 4.99. The standard InChI is InChI=1S/C16H17FN2/c17-16-7-6-15(8-13(16)9-18)19-10-14(11-19)12-4-2-1-3-5-12/h1-8,14H,9-11,18H2. The fourth-order valence-electron chi connectivity index (χ4n) is 2.54. The van der Waals surface area contributed by atoms with E-state index in [9.17, 15) is 4.39 Å².